The van der Waals surface area contributed by atoms with Crippen LogP contribution in [0.4, 0.5) is 17.2 Å². The van der Waals surface area contributed by atoms with Gasteiger partial charge in [-0.25, -0.2) is 4.98 Å². The lowest BCUT2D eigenvalue weighted by atomic mass is 10.2. The number of pyridine rings is 2. The number of rotatable bonds is 8. The van der Waals surface area contributed by atoms with Crippen LogP contribution in [0.15, 0.2) is 73.1 Å². The number of nitrogens with zero attached hydrogens (tertiary/aromatic N) is 4. The molecule has 0 atom stereocenters. The van der Waals surface area contributed by atoms with Crippen LogP contribution in [0.1, 0.15) is 16.9 Å². The summed E-state index contributed by atoms with van der Waals surface area (Å²) in [4.78, 5) is 25.6. The third-order valence-electron chi connectivity index (χ3n) is 4.24. The van der Waals surface area contributed by atoms with Crippen molar-refractivity contribution >= 4 is 23.1 Å². The van der Waals surface area contributed by atoms with Gasteiger partial charge in [-0.3, -0.25) is 9.78 Å². The van der Waals surface area contributed by atoms with Gasteiger partial charge in [0.05, 0.1) is 5.69 Å². The van der Waals surface area contributed by atoms with Crippen LogP contribution >= 0.6 is 0 Å². The monoisotopic (exact) mass is 375 g/mol. The van der Waals surface area contributed by atoms with E-state index in [9.17, 15) is 4.79 Å². The minimum absolute atomic E-state index is 0.254. The first-order valence-electron chi connectivity index (χ1n) is 9.30. The molecule has 0 bridgehead atoms. The van der Waals surface area contributed by atoms with E-state index in [2.05, 4.69) is 51.3 Å². The van der Waals surface area contributed by atoms with Gasteiger partial charge >= 0.3 is 0 Å². The van der Waals surface area contributed by atoms with Gasteiger partial charge in [-0.1, -0.05) is 24.3 Å². The van der Waals surface area contributed by atoms with Gasteiger partial charge in [0.25, 0.3) is 5.91 Å². The molecule has 2 aromatic heterocycles. The second-order valence-electron chi connectivity index (χ2n) is 6.69. The molecule has 0 saturated carbocycles. The number of nitrogens with one attached hydrogen (secondary N) is 1. The summed E-state index contributed by atoms with van der Waals surface area (Å²) in [7, 11) is 4.12. The molecule has 0 aliphatic carbocycles. The molecule has 6 heteroatoms. The first-order chi connectivity index (χ1) is 13.6. The van der Waals surface area contributed by atoms with Crippen LogP contribution in [0.25, 0.3) is 0 Å². The highest BCUT2D eigenvalue weighted by Crippen LogP contribution is 2.30. The Morgan fingerprint density at radius 3 is 2.36 bits per heavy atom. The number of hydrogen-bond acceptors (Lipinski definition) is 5. The van der Waals surface area contributed by atoms with Crippen molar-refractivity contribution in [2.75, 3.05) is 37.4 Å². The lowest BCUT2D eigenvalue weighted by Gasteiger charge is -2.26. The highest BCUT2D eigenvalue weighted by atomic mass is 16.1. The second kappa shape index (κ2) is 9.62. The SMILES string of the molecule is CN(C)CCCN(c1ccccc1)c1ncccc1NC(=O)c1ccccn1. The third-order valence-corrected chi connectivity index (χ3v) is 4.24. The number of amides is 1. The van der Waals surface area contributed by atoms with Gasteiger partial charge in [0.1, 0.15) is 5.69 Å². The fourth-order valence-electron chi connectivity index (χ4n) is 2.90. The van der Waals surface area contributed by atoms with Crippen LogP contribution in [0, 0.1) is 0 Å². The molecule has 0 saturated heterocycles. The Labute approximate surface area is 165 Å². The topological polar surface area (TPSA) is 61.4 Å². The van der Waals surface area contributed by atoms with Gasteiger partial charge in [-0.05, 0) is 63.5 Å². The standard InChI is InChI=1S/C22H25N5O/c1-26(2)16-9-17-27(18-10-4-3-5-11-18)21-19(13-8-15-24-21)25-22(28)20-12-6-7-14-23-20/h3-8,10-15H,9,16-17H2,1-2H3,(H,25,28). The van der Waals surface area contributed by atoms with Gasteiger partial charge in [-0.2, -0.15) is 0 Å². The number of anilines is 3. The molecule has 1 N–H and O–H groups in total. The molecule has 0 radical (unpaired) electrons. The molecule has 0 spiro atoms. The molecule has 0 aliphatic heterocycles. The molecule has 1 amide bonds. The summed E-state index contributed by atoms with van der Waals surface area (Å²) < 4.78 is 0. The van der Waals surface area contributed by atoms with Crippen LogP contribution in [0.2, 0.25) is 0 Å². The molecule has 0 aliphatic rings. The highest BCUT2D eigenvalue weighted by Gasteiger charge is 2.17. The molecule has 0 unspecified atom stereocenters. The normalized spacial score (nSPS) is 10.7. The average Bonchev–Trinajstić information content (AvgIpc) is 2.73. The number of hydrogen-bond donors (Lipinski definition) is 1. The zero-order valence-corrected chi connectivity index (χ0v) is 16.2. The van der Waals surface area contributed by atoms with Crippen LogP contribution < -0.4 is 10.2 Å². The van der Waals surface area contributed by atoms with E-state index in [1.165, 1.54) is 0 Å². The van der Waals surface area contributed by atoms with Crippen molar-refractivity contribution < 1.29 is 4.79 Å². The quantitative estimate of drug-likeness (QED) is 0.649. The number of aromatic nitrogens is 2. The van der Waals surface area contributed by atoms with Crippen molar-refractivity contribution in [1.82, 2.24) is 14.9 Å². The highest BCUT2D eigenvalue weighted by molar-refractivity contribution is 6.04. The fraction of sp³-hybridized carbons (Fsp3) is 0.227. The van der Waals surface area contributed by atoms with E-state index in [0.717, 1.165) is 31.0 Å². The largest absolute Gasteiger partial charge is 0.325 e. The van der Waals surface area contributed by atoms with Gasteiger partial charge in [0.15, 0.2) is 5.82 Å². The van der Waals surface area contributed by atoms with Gasteiger partial charge in [0, 0.05) is 24.6 Å². The summed E-state index contributed by atoms with van der Waals surface area (Å²) in [5, 5.41) is 2.96. The molecule has 144 valence electrons. The van der Waals surface area contributed by atoms with E-state index in [1.807, 2.05) is 30.3 Å². The minimum atomic E-state index is -0.254. The Kier molecular flexibility index (Phi) is 6.70. The molecular formula is C22H25N5O. The first-order valence-corrected chi connectivity index (χ1v) is 9.30. The summed E-state index contributed by atoms with van der Waals surface area (Å²) in [5.74, 6) is 0.466. The summed E-state index contributed by atoms with van der Waals surface area (Å²) in [5.41, 5.74) is 2.07. The lowest BCUT2D eigenvalue weighted by molar-refractivity contribution is 0.102. The summed E-state index contributed by atoms with van der Waals surface area (Å²) in [6.07, 6.45) is 4.32. The molecular weight excluding hydrogens is 350 g/mol. The maximum Gasteiger partial charge on any atom is 0.274 e. The molecule has 2 heterocycles. The second-order valence-corrected chi connectivity index (χ2v) is 6.69. The lowest BCUT2D eigenvalue weighted by Crippen LogP contribution is -2.25. The van der Waals surface area contributed by atoms with Gasteiger partial charge in [-0.15, -0.1) is 0 Å². The summed E-state index contributed by atoms with van der Waals surface area (Å²) in [6.45, 7) is 1.75. The zero-order valence-electron chi connectivity index (χ0n) is 16.2. The fourth-order valence-corrected chi connectivity index (χ4v) is 2.90. The number of carbonyl (C=O) groups excluding carboxylic acids is 1. The smallest absolute Gasteiger partial charge is 0.274 e. The van der Waals surface area contributed by atoms with E-state index in [1.54, 1.807) is 30.6 Å². The van der Waals surface area contributed by atoms with Crippen LogP contribution in [-0.4, -0.2) is 48.0 Å². The maximum absolute atomic E-state index is 12.6. The van der Waals surface area contributed by atoms with Crippen LogP contribution in [-0.2, 0) is 0 Å². The predicted molar refractivity (Wildman–Crippen MR) is 113 cm³/mol. The van der Waals surface area contributed by atoms with Crippen molar-refractivity contribution in [3.8, 4) is 0 Å². The van der Waals surface area contributed by atoms with E-state index in [4.69, 9.17) is 0 Å². The Morgan fingerprint density at radius 1 is 0.893 bits per heavy atom. The van der Waals surface area contributed by atoms with Crippen molar-refractivity contribution in [3.63, 3.8) is 0 Å². The van der Waals surface area contributed by atoms with E-state index in [0.29, 0.717) is 11.4 Å². The zero-order chi connectivity index (χ0) is 19.8. The first kappa shape index (κ1) is 19.5. The molecule has 28 heavy (non-hydrogen) atoms. The number of para-hydroxylation sites is 1. The molecule has 0 fully saturated rings. The van der Waals surface area contributed by atoms with Crippen LogP contribution in [0.5, 0.6) is 0 Å². The number of benzene rings is 1. The van der Waals surface area contributed by atoms with Gasteiger partial charge < -0.3 is 15.1 Å². The summed E-state index contributed by atoms with van der Waals surface area (Å²) in [6, 6.07) is 19.1. The Bertz CT molecular complexity index is 884. The minimum Gasteiger partial charge on any atom is -0.325 e. The van der Waals surface area contributed by atoms with E-state index >= 15 is 0 Å². The Morgan fingerprint density at radius 2 is 1.64 bits per heavy atom. The van der Waals surface area contributed by atoms with Crippen molar-refractivity contribution in [2.24, 2.45) is 0 Å². The van der Waals surface area contributed by atoms with E-state index in [-0.39, 0.29) is 5.91 Å². The molecule has 6 nitrogen and oxygen atoms in total. The Hall–Kier alpha value is -3.25. The Balaban J connectivity index is 1.88. The van der Waals surface area contributed by atoms with E-state index < -0.39 is 0 Å². The van der Waals surface area contributed by atoms with Crippen molar-refractivity contribution in [1.29, 1.82) is 0 Å². The number of carbonyl (C=O) groups is 1. The molecule has 3 rings (SSSR count). The molecule has 3 aromatic rings. The van der Waals surface area contributed by atoms with Gasteiger partial charge in [0.2, 0.25) is 0 Å². The summed E-state index contributed by atoms with van der Waals surface area (Å²) >= 11 is 0. The maximum atomic E-state index is 12.6. The molecule has 1 aromatic carbocycles. The third kappa shape index (κ3) is 5.14. The average molecular weight is 375 g/mol. The predicted octanol–water partition coefficient (Wildman–Crippen LogP) is 3.82. The van der Waals surface area contributed by atoms with Crippen molar-refractivity contribution in [2.45, 2.75) is 6.42 Å². The van der Waals surface area contributed by atoms with Crippen LogP contribution in [0.3, 0.4) is 0 Å². The van der Waals surface area contributed by atoms with Crippen molar-refractivity contribution in [3.05, 3.63) is 78.8 Å².